The summed E-state index contributed by atoms with van der Waals surface area (Å²) in [7, 11) is 0. The van der Waals surface area contributed by atoms with E-state index in [-0.39, 0.29) is 0 Å². The molecule has 72 valence electrons. The number of aromatic nitrogens is 4. The van der Waals surface area contributed by atoms with Gasteiger partial charge >= 0.3 is 0 Å². The Morgan fingerprint density at radius 1 is 1.62 bits per heavy atom. The van der Waals surface area contributed by atoms with Gasteiger partial charge in [0.05, 0.1) is 6.54 Å². The molecule has 2 heterocycles. The Balaban J connectivity index is 1.87. The second kappa shape index (κ2) is 3.80. The highest BCUT2D eigenvalue weighted by molar-refractivity contribution is 4.81. The molecule has 1 aliphatic rings. The lowest BCUT2D eigenvalue weighted by molar-refractivity contribution is 0.195. The van der Waals surface area contributed by atoms with Crippen LogP contribution < -0.4 is 5.32 Å². The molecule has 0 radical (unpaired) electrons. The summed E-state index contributed by atoms with van der Waals surface area (Å²) in [6.45, 7) is 6.12. The summed E-state index contributed by atoms with van der Waals surface area (Å²) in [6.07, 6.45) is 0. The molecule has 0 saturated carbocycles. The van der Waals surface area contributed by atoms with Crippen LogP contribution in [0.1, 0.15) is 12.7 Å². The van der Waals surface area contributed by atoms with Gasteiger partial charge in [0.1, 0.15) is 0 Å². The second-order valence-electron chi connectivity index (χ2n) is 3.42. The molecular formula is C7H14N6. The minimum absolute atomic E-state index is 0.556. The van der Waals surface area contributed by atoms with Gasteiger partial charge in [-0.15, -0.1) is 10.2 Å². The highest BCUT2D eigenvalue weighted by Crippen LogP contribution is 2.01. The van der Waals surface area contributed by atoms with Gasteiger partial charge in [-0.25, -0.2) is 0 Å². The Morgan fingerprint density at radius 3 is 3.23 bits per heavy atom. The smallest absolute Gasteiger partial charge is 0.188 e. The van der Waals surface area contributed by atoms with Gasteiger partial charge in [-0.2, -0.15) is 5.21 Å². The number of rotatable bonds is 2. The molecule has 0 bridgehead atoms. The van der Waals surface area contributed by atoms with Gasteiger partial charge in [0.15, 0.2) is 5.82 Å². The summed E-state index contributed by atoms with van der Waals surface area (Å²) in [4.78, 5) is 2.33. The van der Waals surface area contributed by atoms with Crippen LogP contribution >= 0.6 is 0 Å². The minimum atomic E-state index is 0.556. The Morgan fingerprint density at radius 2 is 2.54 bits per heavy atom. The summed E-state index contributed by atoms with van der Waals surface area (Å²) in [6, 6.07) is 0.556. The first-order valence-electron chi connectivity index (χ1n) is 4.52. The van der Waals surface area contributed by atoms with E-state index in [1.54, 1.807) is 0 Å². The maximum atomic E-state index is 3.93. The molecule has 6 nitrogen and oxygen atoms in total. The van der Waals surface area contributed by atoms with Gasteiger partial charge in [-0.3, -0.25) is 4.90 Å². The number of tetrazole rings is 1. The van der Waals surface area contributed by atoms with Crippen LogP contribution in [0.25, 0.3) is 0 Å². The van der Waals surface area contributed by atoms with Crippen LogP contribution in [0.2, 0.25) is 0 Å². The van der Waals surface area contributed by atoms with Crippen LogP contribution in [0.3, 0.4) is 0 Å². The van der Waals surface area contributed by atoms with E-state index in [4.69, 9.17) is 0 Å². The molecule has 1 fully saturated rings. The van der Waals surface area contributed by atoms with Gasteiger partial charge in [0.2, 0.25) is 0 Å². The fourth-order valence-electron chi connectivity index (χ4n) is 1.61. The van der Waals surface area contributed by atoms with Gasteiger partial charge in [-0.05, 0) is 6.92 Å². The van der Waals surface area contributed by atoms with Crippen LogP contribution in [0.4, 0.5) is 0 Å². The highest BCUT2D eigenvalue weighted by atomic mass is 15.5. The quantitative estimate of drug-likeness (QED) is 0.613. The predicted molar refractivity (Wildman–Crippen MR) is 46.9 cm³/mol. The molecule has 2 rings (SSSR count). The van der Waals surface area contributed by atoms with E-state index in [1.807, 2.05) is 0 Å². The molecule has 0 amide bonds. The third kappa shape index (κ3) is 2.22. The van der Waals surface area contributed by atoms with Crippen LogP contribution in [-0.2, 0) is 6.54 Å². The van der Waals surface area contributed by atoms with Crippen molar-refractivity contribution in [2.75, 3.05) is 19.6 Å². The maximum absolute atomic E-state index is 3.93. The average molecular weight is 182 g/mol. The number of H-pyrrole nitrogens is 1. The van der Waals surface area contributed by atoms with Crippen LogP contribution in [-0.4, -0.2) is 51.2 Å². The molecule has 0 unspecified atom stereocenters. The molecular weight excluding hydrogens is 168 g/mol. The van der Waals surface area contributed by atoms with E-state index in [0.29, 0.717) is 6.04 Å². The number of piperazine rings is 1. The van der Waals surface area contributed by atoms with Crippen molar-refractivity contribution in [3.05, 3.63) is 5.82 Å². The van der Waals surface area contributed by atoms with Gasteiger partial charge in [-0.1, -0.05) is 5.21 Å². The van der Waals surface area contributed by atoms with Gasteiger partial charge in [0, 0.05) is 25.7 Å². The molecule has 1 aliphatic heterocycles. The fraction of sp³-hybridized carbons (Fsp3) is 0.857. The summed E-state index contributed by atoms with van der Waals surface area (Å²) in [5, 5.41) is 17.2. The zero-order chi connectivity index (χ0) is 9.10. The van der Waals surface area contributed by atoms with Crippen molar-refractivity contribution in [2.24, 2.45) is 0 Å². The molecule has 1 saturated heterocycles. The van der Waals surface area contributed by atoms with Crippen molar-refractivity contribution in [1.82, 2.24) is 30.8 Å². The normalized spacial score (nSPS) is 24.8. The number of nitrogens with zero attached hydrogens (tertiary/aromatic N) is 4. The summed E-state index contributed by atoms with van der Waals surface area (Å²) >= 11 is 0. The molecule has 2 N–H and O–H groups in total. The summed E-state index contributed by atoms with van der Waals surface area (Å²) in [5.41, 5.74) is 0. The number of hydrogen-bond acceptors (Lipinski definition) is 5. The molecule has 0 aliphatic carbocycles. The average Bonchev–Trinajstić information content (AvgIpc) is 2.57. The third-order valence-electron chi connectivity index (χ3n) is 2.21. The van der Waals surface area contributed by atoms with Crippen molar-refractivity contribution in [2.45, 2.75) is 19.5 Å². The largest absolute Gasteiger partial charge is 0.312 e. The number of aromatic amines is 1. The Hall–Kier alpha value is -1.01. The fourth-order valence-corrected chi connectivity index (χ4v) is 1.61. The summed E-state index contributed by atoms with van der Waals surface area (Å²) in [5.74, 6) is 0.772. The van der Waals surface area contributed by atoms with E-state index in [9.17, 15) is 0 Å². The zero-order valence-electron chi connectivity index (χ0n) is 7.69. The Bertz CT molecular complexity index is 245. The van der Waals surface area contributed by atoms with E-state index in [0.717, 1.165) is 32.0 Å². The number of hydrogen-bond donors (Lipinski definition) is 2. The van der Waals surface area contributed by atoms with E-state index < -0.39 is 0 Å². The molecule has 0 spiro atoms. The minimum Gasteiger partial charge on any atom is -0.312 e. The molecule has 13 heavy (non-hydrogen) atoms. The third-order valence-corrected chi connectivity index (χ3v) is 2.21. The SMILES string of the molecule is C[C@H]1CN(Cc2nn[nH]n2)CCN1. The van der Waals surface area contributed by atoms with Gasteiger partial charge < -0.3 is 5.32 Å². The molecule has 1 aromatic rings. The lowest BCUT2D eigenvalue weighted by Crippen LogP contribution is -2.48. The monoisotopic (exact) mass is 182 g/mol. The molecule has 0 aromatic carbocycles. The van der Waals surface area contributed by atoms with Crippen molar-refractivity contribution >= 4 is 0 Å². The maximum Gasteiger partial charge on any atom is 0.188 e. The first-order chi connectivity index (χ1) is 6.34. The predicted octanol–water partition coefficient (Wildman–Crippen LogP) is -1.01. The van der Waals surface area contributed by atoms with Crippen LogP contribution in [0, 0.1) is 0 Å². The van der Waals surface area contributed by atoms with E-state index >= 15 is 0 Å². The first kappa shape index (κ1) is 8.58. The molecule has 1 atom stereocenters. The molecule has 1 aromatic heterocycles. The Labute approximate surface area is 76.7 Å². The van der Waals surface area contributed by atoms with Crippen molar-refractivity contribution in [3.63, 3.8) is 0 Å². The van der Waals surface area contributed by atoms with E-state index in [1.165, 1.54) is 0 Å². The highest BCUT2D eigenvalue weighted by Gasteiger charge is 2.16. The summed E-state index contributed by atoms with van der Waals surface area (Å²) < 4.78 is 0. The number of nitrogens with one attached hydrogen (secondary N) is 2. The Kier molecular flexibility index (Phi) is 2.51. The lowest BCUT2D eigenvalue weighted by Gasteiger charge is -2.30. The van der Waals surface area contributed by atoms with Crippen molar-refractivity contribution in [1.29, 1.82) is 0 Å². The second-order valence-corrected chi connectivity index (χ2v) is 3.42. The van der Waals surface area contributed by atoms with Crippen molar-refractivity contribution < 1.29 is 0 Å². The van der Waals surface area contributed by atoms with Gasteiger partial charge in [0.25, 0.3) is 0 Å². The van der Waals surface area contributed by atoms with E-state index in [2.05, 4.69) is 37.8 Å². The first-order valence-corrected chi connectivity index (χ1v) is 4.52. The topological polar surface area (TPSA) is 69.7 Å². The van der Waals surface area contributed by atoms with Crippen LogP contribution in [0.5, 0.6) is 0 Å². The standard InChI is InChI=1S/C7H14N6/c1-6-4-13(3-2-8-6)5-7-9-11-12-10-7/h6,8H,2-5H2,1H3,(H,9,10,11,12)/t6-/m0/s1. The zero-order valence-corrected chi connectivity index (χ0v) is 7.69. The van der Waals surface area contributed by atoms with Crippen LogP contribution in [0.15, 0.2) is 0 Å². The lowest BCUT2D eigenvalue weighted by atomic mass is 10.2. The van der Waals surface area contributed by atoms with Crippen molar-refractivity contribution in [3.8, 4) is 0 Å². The molecule has 6 heteroatoms.